The molecule has 1 heterocycles. The van der Waals surface area contributed by atoms with Crippen molar-refractivity contribution in [3.63, 3.8) is 0 Å². The number of aromatic nitrogens is 1. The van der Waals surface area contributed by atoms with E-state index in [0.29, 0.717) is 19.0 Å². The number of hydrogen-bond acceptors (Lipinski definition) is 4. The van der Waals surface area contributed by atoms with Crippen LogP contribution in [0.25, 0.3) is 10.9 Å². The van der Waals surface area contributed by atoms with Crippen molar-refractivity contribution >= 4 is 19.0 Å². The largest absolute Gasteiger partial charge is 0.491 e. The lowest BCUT2D eigenvalue weighted by Crippen LogP contribution is -2.16. The number of benzene rings is 2. The van der Waals surface area contributed by atoms with Gasteiger partial charge in [0.25, 0.3) is 0 Å². The molecule has 0 spiro atoms. The molecule has 2 aromatic carbocycles. The molecule has 4 nitrogen and oxygen atoms in total. The highest BCUT2D eigenvalue weighted by Crippen LogP contribution is 2.30. The van der Waals surface area contributed by atoms with E-state index in [1.165, 1.54) is 0 Å². The van der Waals surface area contributed by atoms with Crippen LogP contribution in [-0.2, 0) is 4.74 Å². The first-order valence-electron chi connectivity index (χ1n) is 9.27. The molecule has 0 aliphatic carbocycles. The molecule has 5 heteroatoms. The third-order valence-corrected chi connectivity index (χ3v) is 4.72. The van der Waals surface area contributed by atoms with Crippen molar-refractivity contribution in [1.82, 2.24) is 4.98 Å². The molecule has 3 aromatic rings. The molecular weight excluding hydrogens is 366 g/mol. The zero-order valence-corrected chi connectivity index (χ0v) is 17.8. The lowest BCUT2D eigenvalue weighted by molar-refractivity contribution is 0.146. The molecule has 0 amide bonds. The highest BCUT2D eigenvalue weighted by molar-refractivity contribution is 6.83. The second kappa shape index (κ2) is 8.92. The maximum atomic E-state index is 6.11. The van der Waals surface area contributed by atoms with Crippen LogP contribution < -0.4 is 9.47 Å². The molecular formula is C23H25NO3Si. The minimum atomic E-state index is -1.43. The van der Waals surface area contributed by atoms with E-state index in [0.717, 1.165) is 28.1 Å². The quantitative estimate of drug-likeness (QED) is 0.326. The summed E-state index contributed by atoms with van der Waals surface area (Å²) in [5.74, 6) is 5.42. The predicted molar refractivity (Wildman–Crippen MR) is 116 cm³/mol. The van der Waals surface area contributed by atoms with Gasteiger partial charge >= 0.3 is 0 Å². The fourth-order valence-corrected chi connectivity index (χ4v) is 3.04. The van der Waals surface area contributed by atoms with Gasteiger partial charge in [0, 0.05) is 18.6 Å². The number of methoxy groups -OCH3 is 1. The van der Waals surface area contributed by atoms with Gasteiger partial charge in [-0.2, -0.15) is 0 Å². The summed E-state index contributed by atoms with van der Waals surface area (Å²) in [6.07, 6.45) is 0. The summed E-state index contributed by atoms with van der Waals surface area (Å²) in [6, 6.07) is 17.4. The zero-order chi connectivity index (χ0) is 20.0. The second-order valence-corrected chi connectivity index (χ2v) is 12.2. The highest BCUT2D eigenvalue weighted by atomic mass is 28.3. The van der Waals surface area contributed by atoms with Crippen LogP contribution >= 0.6 is 0 Å². The predicted octanol–water partition coefficient (Wildman–Crippen LogP) is 5.28. The van der Waals surface area contributed by atoms with Gasteiger partial charge in [-0.25, -0.2) is 4.98 Å². The Kier molecular flexibility index (Phi) is 6.35. The Morgan fingerprint density at radius 3 is 2.50 bits per heavy atom. The molecule has 144 valence electrons. The van der Waals surface area contributed by atoms with Crippen molar-refractivity contribution in [2.75, 3.05) is 20.3 Å². The van der Waals surface area contributed by atoms with Crippen molar-refractivity contribution in [3.05, 3.63) is 60.3 Å². The third-order valence-electron chi connectivity index (χ3n) is 3.85. The highest BCUT2D eigenvalue weighted by Gasteiger charge is 2.09. The first-order valence-corrected chi connectivity index (χ1v) is 12.8. The van der Waals surface area contributed by atoms with E-state index >= 15 is 0 Å². The molecule has 0 saturated heterocycles. The van der Waals surface area contributed by atoms with Gasteiger partial charge < -0.3 is 14.2 Å². The molecule has 0 N–H and O–H groups in total. The smallest absolute Gasteiger partial charge is 0.136 e. The second-order valence-electron chi connectivity index (χ2n) is 7.44. The summed E-state index contributed by atoms with van der Waals surface area (Å²) in [5.41, 5.74) is 5.02. The Bertz CT molecular complexity index is 1020. The molecule has 0 aliphatic heterocycles. The van der Waals surface area contributed by atoms with Crippen LogP contribution in [0.15, 0.2) is 54.6 Å². The molecule has 1 aromatic heterocycles. The van der Waals surface area contributed by atoms with Crippen LogP contribution in [0.5, 0.6) is 17.2 Å². The lowest BCUT2D eigenvalue weighted by atomic mass is 10.2. The van der Waals surface area contributed by atoms with Gasteiger partial charge in [-0.05, 0) is 36.4 Å². The van der Waals surface area contributed by atoms with Crippen LogP contribution in [0.3, 0.4) is 0 Å². The number of pyridine rings is 1. The first kappa shape index (κ1) is 19.9. The van der Waals surface area contributed by atoms with Gasteiger partial charge in [-0.3, -0.25) is 0 Å². The average Bonchev–Trinajstić information content (AvgIpc) is 2.66. The van der Waals surface area contributed by atoms with Crippen molar-refractivity contribution < 1.29 is 14.2 Å². The van der Waals surface area contributed by atoms with E-state index in [2.05, 4.69) is 36.1 Å². The minimum absolute atomic E-state index is 0.499. The number of hydrogen-bond donors (Lipinski definition) is 0. The standard InChI is InChI=1S/C23H25NO3Si/c1-25-14-15-26-19-7-5-8-20(17-19)27-23-10-6-9-22-21(23)12-11-18(24-22)13-16-28(2,3)4/h5-12,17H,14-15H2,1-4H3. The Hall–Kier alpha value is -2.81. The van der Waals surface area contributed by atoms with Gasteiger partial charge in [-0.1, -0.05) is 37.7 Å². The van der Waals surface area contributed by atoms with Crippen LogP contribution in [-0.4, -0.2) is 33.4 Å². The summed E-state index contributed by atoms with van der Waals surface area (Å²) in [7, 11) is 0.220. The Labute approximate surface area is 167 Å². The molecule has 28 heavy (non-hydrogen) atoms. The van der Waals surface area contributed by atoms with E-state index in [1.54, 1.807) is 7.11 Å². The Morgan fingerprint density at radius 1 is 0.929 bits per heavy atom. The molecule has 0 fully saturated rings. The van der Waals surface area contributed by atoms with E-state index in [-0.39, 0.29) is 0 Å². The summed E-state index contributed by atoms with van der Waals surface area (Å²) in [6.45, 7) is 7.71. The van der Waals surface area contributed by atoms with Gasteiger partial charge in [-0.15, -0.1) is 5.54 Å². The fraction of sp³-hybridized carbons (Fsp3) is 0.261. The van der Waals surface area contributed by atoms with Crippen LogP contribution in [0.4, 0.5) is 0 Å². The van der Waals surface area contributed by atoms with Crippen molar-refractivity contribution in [2.45, 2.75) is 19.6 Å². The molecule has 0 bridgehead atoms. The first-order chi connectivity index (χ1) is 13.4. The van der Waals surface area contributed by atoms with Gasteiger partial charge in [0.15, 0.2) is 0 Å². The normalized spacial score (nSPS) is 11.0. The Balaban J connectivity index is 1.84. The van der Waals surface area contributed by atoms with E-state index < -0.39 is 8.07 Å². The molecule has 0 aliphatic rings. The monoisotopic (exact) mass is 391 g/mol. The lowest BCUT2D eigenvalue weighted by Gasteiger charge is -2.11. The van der Waals surface area contributed by atoms with Gasteiger partial charge in [0.2, 0.25) is 0 Å². The summed E-state index contributed by atoms with van der Waals surface area (Å²) in [4.78, 5) is 4.68. The zero-order valence-electron chi connectivity index (χ0n) is 16.8. The third kappa shape index (κ3) is 5.59. The molecule has 0 atom stereocenters. The minimum Gasteiger partial charge on any atom is -0.491 e. The van der Waals surface area contributed by atoms with E-state index in [1.807, 2.05) is 54.6 Å². The molecule has 0 radical (unpaired) electrons. The summed E-state index contributed by atoms with van der Waals surface area (Å²) >= 11 is 0. The van der Waals surface area contributed by atoms with Crippen molar-refractivity contribution in [2.24, 2.45) is 0 Å². The Morgan fingerprint density at radius 2 is 1.71 bits per heavy atom. The van der Waals surface area contributed by atoms with Gasteiger partial charge in [0.05, 0.1) is 12.1 Å². The van der Waals surface area contributed by atoms with E-state index in [4.69, 9.17) is 14.2 Å². The van der Waals surface area contributed by atoms with Crippen LogP contribution in [0.2, 0.25) is 19.6 Å². The molecule has 0 saturated carbocycles. The summed E-state index contributed by atoms with van der Waals surface area (Å²) < 4.78 is 16.8. The van der Waals surface area contributed by atoms with Crippen molar-refractivity contribution in [1.29, 1.82) is 0 Å². The summed E-state index contributed by atoms with van der Waals surface area (Å²) in [5, 5.41) is 0.951. The average molecular weight is 392 g/mol. The fourth-order valence-electron chi connectivity index (χ4n) is 2.53. The number of nitrogens with zero attached hydrogens (tertiary/aromatic N) is 1. The molecule has 0 unspecified atom stereocenters. The maximum absolute atomic E-state index is 6.11. The maximum Gasteiger partial charge on any atom is 0.136 e. The SMILES string of the molecule is COCCOc1cccc(Oc2cccc3nc(C#C[Si](C)(C)C)ccc23)c1. The topological polar surface area (TPSA) is 40.6 Å². The van der Waals surface area contributed by atoms with E-state index in [9.17, 15) is 0 Å². The number of rotatable bonds is 6. The number of ether oxygens (including phenoxy) is 3. The molecule has 3 rings (SSSR count). The van der Waals surface area contributed by atoms with Crippen molar-refractivity contribution in [3.8, 4) is 28.7 Å². The number of fused-ring (bicyclic) bond motifs is 1. The van der Waals surface area contributed by atoms with Crippen LogP contribution in [0.1, 0.15) is 5.69 Å². The van der Waals surface area contributed by atoms with Crippen LogP contribution in [0, 0.1) is 11.5 Å². The van der Waals surface area contributed by atoms with Gasteiger partial charge in [0.1, 0.15) is 37.6 Å².